The number of sulfonamides is 1. The van der Waals surface area contributed by atoms with Gasteiger partial charge in [0.15, 0.2) is 5.13 Å². The lowest BCUT2D eigenvalue weighted by Gasteiger charge is -2.24. The van der Waals surface area contributed by atoms with Crippen LogP contribution in [0.5, 0.6) is 0 Å². The lowest BCUT2D eigenvalue weighted by molar-refractivity contribution is -0.116. The molecule has 0 bridgehead atoms. The van der Waals surface area contributed by atoms with E-state index in [0.29, 0.717) is 31.1 Å². The third-order valence-electron chi connectivity index (χ3n) is 5.49. The predicted octanol–water partition coefficient (Wildman–Crippen LogP) is 4.01. The average molecular weight is 456 g/mol. The summed E-state index contributed by atoms with van der Waals surface area (Å²) in [5.74, 6) is -0.0746. The van der Waals surface area contributed by atoms with Crippen molar-refractivity contribution in [3.63, 3.8) is 0 Å². The topological polar surface area (TPSA) is 79.4 Å². The highest BCUT2D eigenvalue weighted by atomic mass is 32.2. The van der Waals surface area contributed by atoms with E-state index < -0.39 is 10.0 Å². The number of hydrogen-bond donors (Lipinski definition) is 1. The Labute approximate surface area is 187 Å². The Morgan fingerprint density at radius 3 is 2.29 bits per heavy atom. The molecule has 1 aromatic heterocycles. The Bertz CT molecular complexity index is 1110. The van der Waals surface area contributed by atoms with Crippen LogP contribution >= 0.6 is 11.3 Å². The molecule has 1 aliphatic heterocycles. The third-order valence-corrected chi connectivity index (χ3v) is 8.32. The van der Waals surface area contributed by atoms with Crippen molar-refractivity contribution in [2.75, 3.05) is 17.6 Å². The molecule has 2 aromatic carbocycles. The van der Waals surface area contributed by atoms with E-state index in [-0.39, 0.29) is 17.6 Å². The first-order valence-electron chi connectivity index (χ1n) is 10.3. The van der Waals surface area contributed by atoms with Gasteiger partial charge in [-0.15, -0.1) is 11.3 Å². The van der Waals surface area contributed by atoms with Gasteiger partial charge in [0.05, 0.1) is 11.4 Å². The molecule has 2 heterocycles. The van der Waals surface area contributed by atoms with Gasteiger partial charge in [0.25, 0.3) is 0 Å². The van der Waals surface area contributed by atoms with Crippen molar-refractivity contribution in [1.29, 1.82) is 0 Å². The van der Waals surface area contributed by atoms with Gasteiger partial charge < -0.3 is 5.32 Å². The molecular weight excluding hydrogens is 430 g/mol. The summed E-state index contributed by atoms with van der Waals surface area (Å²) < 4.78 is 25.9. The molecule has 3 aromatic rings. The van der Waals surface area contributed by atoms with Crippen LogP contribution in [-0.4, -0.2) is 35.9 Å². The molecule has 0 fully saturated rings. The number of aromatic nitrogens is 1. The second-order valence-corrected chi connectivity index (χ2v) is 10.8. The van der Waals surface area contributed by atoms with Crippen LogP contribution in [0.4, 0.5) is 5.13 Å². The summed E-state index contributed by atoms with van der Waals surface area (Å²) in [7, 11) is -3.23. The molecule has 162 valence electrons. The van der Waals surface area contributed by atoms with Crippen LogP contribution in [0.25, 0.3) is 0 Å². The molecule has 0 atom stereocenters. The van der Waals surface area contributed by atoms with E-state index in [1.54, 1.807) is 6.92 Å². The Hall–Kier alpha value is -2.55. The Morgan fingerprint density at radius 2 is 1.71 bits per heavy atom. The second kappa shape index (κ2) is 9.30. The van der Waals surface area contributed by atoms with Crippen LogP contribution < -0.4 is 5.32 Å². The number of amides is 1. The number of nitrogens with zero attached hydrogens (tertiary/aromatic N) is 2. The summed E-state index contributed by atoms with van der Waals surface area (Å²) in [5.41, 5.74) is 3.05. The van der Waals surface area contributed by atoms with Gasteiger partial charge in [-0.2, -0.15) is 4.31 Å². The van der Waals surface area contributed by atoms with Crippen molar-refractivity contribution in [2.24, 2.45) is 0 Å². The molecule has 1 N–H and O–H groups in total. The maximum atomic E-state index is 12.9. The van der Waals surface area contributed by atoms with Crippen LogP contribution in [0.15, 0.2) is 60.7 Å². The molecule has 6 nitrogen and oxygen atoms in total. The van der Waals surface area contributed by atoms with Crippen molar-refractivity contribution in [2.45, 2.75) is 32.2 Å². The van der Waals surface area contributed by atoms with E-state index in [1.165, 1.54) is 15.6 Å². The monoisotopic (exact) mass is 455 g/mol. The highest BCUT2D eigenvalue weighted by Gasteiger charge is 2.28. The molecule has 8 heteroatoms. The Kier molecular flexibility index (Phi) is 6.50. The molecule has 1 aliphatic rings. The van der Waals surface area contributed by atoms with E-state index in [1.807, 2.05) is 60.7 Å². The summed E-state index contributed by atoms with van der Waals surface area (Å²) >= 11 is 1.36. The first-order chi connectivity index (χ1) is 15.0. The van der Waals surface area contributed by atoms with Crippen LogP contribution in [0, 0.1) is 0 Å². The first-order valence-corrected chi connectivity index (χ1v) is 12.7. The van der Waals surface area contributed by atoms with Crippen molar-refractivity contribution >= 4 is 32.4 Å². The molecule has 1 amide bonds. The molecule has 31 heavy (non-hydrogen) atoms. The van der Waals surface area contributed by atoms with Crippen molar-refractivity contribution in [3.05, 3.63) is 82.4 Å². The third kappa shape index (κ3) is 5.03. The van der Waals surface area contributed by atoms with Crippen molar-refractivity contribution in [3.8, 4) is 0 Å². The fourth-order valence-corrected chi connectivity index (χ4v) is 5.98. The van der Waals surface area contributed by atoms with E-state index in [0.717, 1.165) is 21.7 Å². The molecule has 0 spiro atoms. The second-order valence-electron chi connectivity index (χ2n) is 7.50. The number of hydrogen-bond acceptors (Lipinski definition) is 5. The van der Waals surface area contributed by atoms with Gasteiger partial charge in [-0.3, -0.25) is 4.79 Å². The molecule has 4 rings (SSSR count). The zero-order chi connectivity index (χ0) is 21.8. The molecular formula is C23H25N3O3S2. The summed E-state index contributed by atoms with van der Waals surface area (Å²) in [4.78, 5) is 18.4. The van der Waals surface area contributed by atoms with E-state index in [4.69, 9.17) is 0 Å². The normalized spacial score (nSPS) is 14.4. The zero-order valence-electron chi connectivity index (χ0n) is 17.3. The number of thiazole rings is 1. The summed E-state index contributed by atoms with van der Waals surface area (Å²) in [6.07, 6.45) is 0.867. The summed E-state index contributed by atoms with van der Waals surface area (Å²) in [6, 6.07) is 20.0. The number of rotatable bonds is 7. The smallest absolute Gasteiger partial charge is 0.227 e. The zero-order valence-corrected chi connectivity index (χ0v) is 19.0. The standard InChI is InChI=1S/C23H25N3O3S2/c1-2-31(28,29)26-14-13-20-21(16-26)30-23(24-20)25-22(27)15-19(17-9-5-3-6-10-17)18-11-7-4-8-12-18/h3-12,19H,2,13-16H2,1H3,(H,24,25,27). The van der Waals surface area contributed by atoms with Gasteiger partial charge in [0, 0.05) is 36.7 Å². The molecule has 0 saturated heterocycles. The quantitative estimate of drug-likeness (QED) is 0.584. The van der Waals surface area contributed by atoms with E-state index in [2.05, 4.69) is 10.3 Å². The minimum atomic E-state index is -3.23. The predicted molar refractivity (Wildman–Crippen MR) is 124 cm³/mol. The number of carbonyl (C=O) groups is 1. The van der Waals surface area contributed by atoms with E-state index in [9.17, 15) is 13.2 Å². The van der Waals surface area contributed by atoms with Crippen LogP contribution in [0.1, 0.15) is 41.0 Å². The van der Waals surface area contributed by atoms with Gasteiger partial charge in [-0.05, 0) is 18.1 Å². The van der Waals surface area contributed by atoms with Crippen molar-refractivity contribution in [1.82, 2.24) is 9.29 Å². The van der Waals surface area contributed by atoms with Gasteiger partial charge in [-0.25, -0.2) is 13.4 Å². The van der Waals surface area contributed by atoms with Gasteiger partial charge in [0.1, 0.15) is 0 Å². The number of nitrogens with one attached hydrogen (secondary N) is 1. The summed E-state index contributed by atoms with van der Waals surface area (Å²) in [5, 5.41) is 3.47. The Morgan fingerprint density at radius 1 is 1.10 bits per heavy atom. The van der Waals surface area contributed by atoms with Gasteiger partial charge >= 0.3 is 0 Å². The maximum absolute atomic E-state index is 12.9. The number of benzene rings is 2. The van der Waals surface area contributed by atoms with Gasteiger partial charge in [-0.1, -0.05) is 60.7 Å². The minimum Gasteiger partial charge on any atom is -0.302 e. The summed E-state index contributed by atoms with van der Waals surface area (Å²) in [6.45, 7) is 2.42. The van der Waals surface area contributed by atoms with Crippen molar-refractivity contribution < 1.29 is 13.2 Å². The average Bonchev–Trinajstić information content (AvgIpc) is 3.20. The number of fused-ring (bicyclic) bond motifs is 1. The van der Waals surface area contributed by atoms with Gasteiger partial charge in [0.2, 0.25) is 15.9 Å². The lowest BCUT2D eigenvalue weighted by Crippen LogP contribution is -2.36. The largest absolute Gasteiger partial charge is 0.302 e. The van der Waals surface area contributed by atoms with Crippen LogP contribution in [0.3, 0.4) is 0 Å². The fraction of sp³-hybridized carbons (Fsp3) is 0.304. The number of anilines is 1. The molecule has 0 saturated carbocycles. The van der Waals surface area contributed by atoms with Crippen LogP contribution in [-0.2, 0) is 27.8 Å². The fourth-order valence-electron chi connectivity index (χ4n) is 3.80. The highest BCUT2D eigenvalue weighted by molar-refractivity contribution is 7.89. The lowest BCUT2D eigenvalue weighted by atomic mass is 9.88. The van der Waals surface area contributed by atoms with E-state index >= 15 is 0 Å². The Balaban J connectivity index is 1.48. The molecule has 0 radical (unpaired) electrons. The first kappa shape index (κ1) is 21.7. The molecule has 0 aliphatic carbocycles. The SMILES string of the molecule is CCS(=O)(=O)N1CCc2nc(NC(=O)CC(c3ccccc3)c3ccccc3)sc2C1. The van der Waals surface area contributed by atoms with Crippen LogP contribution in [0.2, 0.25) is 0 Å². The number of carbonyl (C=O) groups excluding carboxylic acids is 1. The maximum Gasteiger partial charge on any atom is 0.227 e. The highest BCUT2D eigenvalue weighted by Crippen LogP contribution is 2.31. The minimum absolute atomic E-state index is 0.0535. The molecule has 0 unspecified atom stereocenters.